The third-order valence-electron chi connectivity index (χ3n) is 3.50. The van der Waals surface area contributed by atoms with Crippen LogP contribution in [-0.4, -0.2) is 11.9 Å². The van der Waals surface area contributed by atoms with Crippen LogP contribution in [0.3, 0.4) is 0 Å². The molecule has 0 aliphatic heterocycles. The van der Waals surface area contributed by atoms with Gasteiger partial charge in [-0.2, -0.15) is 0 Å². The lowest BCUT2D eigenvalue weighted by Crippen LogP contribution is -2.40. The van der Waals surface area contributed by atoms with Gasteiger partial charge in [0.1, 0.15) is 0 Å². The highest BCUT2D eigenvalue weighted by molar-refractivity contribution is 7.12. The van der Waals surface area contributed by atoms with E-state index in [0.717, 1.165) is 16.9 Å². The van der Waals surface area contributed by atoms with Gasteiger partial charge in [0.15, 0.2) is 0 Å². The van der Waals surface area contributed by atoms with E-state index in [1.165, 1.54) is 30.6 Å². The SMILES string of the molecule is Cc1ccsc1C(=O)N[C@H]1CCCC[C@H]1C. The zero-order chi connectivity index (χ0) is 11.5. The summed E-state index contributed by atoms with van der Waals surface area (Å²) in [4.78, 5) is 12.9. The van der Waals surface area contributed by atoms with Crippen molar-refractivity contribution in [1.29, 1.82) is 0 Å². The lowest BCUT2D eigenvalue weighted by atomic mass is 9.86. The first-order valence-electron chi connectivity index (χ1n) is 6.03. The molecule has 1 fully saturated rings. The molecule has 1 N–H and O–H groups in total. The van der Waals surface area contributed by atoms with E-state index in [1.807, 2.05) is 18.4 Å². The molecule has 0 radical (unpaired) electrons. The van der Waals surface area contributed by atoms with E-state index in [2.05, 4.69) is 12.2 Å². The Bertz CT molecular complexity index is 372. The summed E-state index contributed by atoms with van der Waals surface area (Å²) < 4.78 is 0. The van der Waals surface area contributed by atoms with Crippen molar-refractivity contribution in [2.75, 3.05) is 0 Å². The van der Waals surface area contributed by atoms with Gasteiger partial charge in [0.25, 0.3) is 5.91 Å². The fourth-order valence-corrected chi connectivity index (χ4v) is 3.20. The highest BCUT2D eigenvalue weighted by Crippen LogP contribution is 2.24. The molecule has 1 saturated carbocycles. The second-order valence-electron chi connectivity index (χ2n) is 4.77. The van der Waals surface area contributed by atoms with Crippen LogP contribution in [0, 0.1) is 12.8 Å². The Balaban J connectivity index is 1.99. The second-order valence-corrected chi connectivity index (χ2v) is 5.69. The Morgan fingerprint density at radius 3 is 2.81 bits per heavy atom. The minimum atomic E-state index is 0.117. The molecular weight excluding hydrogens is 218 g/mol. The fraction of sp³-hybridized carbons (Fsp3) is 0.615. The van der Waals surface area contributed by atoms with Gasteiger partial charge in [-0.15, -0.1) is 11.3 Å². The minimum absolute atomic E-state index is 0.117. The normalized spacial score (nSPS) is 25.4. The van der Waals surface area contributed by atoms with Gasteiger partial charge < -0.3 is 5.32 Å². The van der Waals surface area contributed by atoms with Crippen molar-refractivity contribution >= 4 is 17.2 Å². The second kappa shape index (κ2) is 5.00. The minimum Gasteiger partial charge on any atom is -0.348 e. The van der Waals surface area contributed by atoms with Crippen molar-refractivity contribution in [3.05, 3.63) is 21.9 Å². The van der Waals surface area contributed by atoms with Gasteiger partial charge in [0.2, 0.25) is 0 Å². The van der Waals surface area contributed by atoms with E-state index in [-0.39, 0.29) is 5.91 Å². The number of hydrogen-bond donors (Lipinski definition) is 1. The Morgan fingerprint density at radius 2 is 2.19 bits per heavy atom. The third kappa shape index (κ3) is 2.46. The van der Waals surface area contributed by atoms with Crippen LogP contribution in [0.4, 0.5) is 0 Å². The summed E-state index contributed by atoms with van der Waals surface area (Å²) in [6, 6.07) is 2.38. The molecule has 88 valence electrons. The van der Waals surface area contributed by atoms with Crippen molar-refractivity contribution in [3.63, 3.8) is 0 Å². The summed E-state index contributed by atoms with van der Waals surface area (Å²) in [5.41, 5.74) is 1.09. The van der Waals surface area contributed by atoms with E-state index in [0.29, 0.717) is 12.0 Å². The summed E-state index contributed by atoms with van der Waals surface area (Å²) in [5, 5.41) is 5.16. The van der Waals surface area contributed by atoms with E-state index in [1.54, 1.807) is 0 Å². The first kappa shape index (κ1) is 11.6. The van der Waals surface area contributed by atoms with E-state index >= 15 is 0 Å². The van der Waals surface area contributed by atoms with Gasteiger partial charge in [0, 0.05) is 6.04 Å². The number of aryl methyl sites for hydroxylation is 1. The summed E-state index contributed by atoms with van der Waals surface area (Å²) in [7, 11) is 0. The number of rotatable bonds is 2. The van der Waals surface area contributed by atoms with Crippen LogP contribution >= 0.6 is 11.3 Å². The summed E-state index contributed by atoms with van der Waals surface area (Å²) in [5.74, 6) is 0.740. The molecular formula is C13H19NOS. The maximum absolute atomic E-state index is 12.0. The number of hydrogen-bond acceptors (Lipinski definition) is 2. The molecule has 0 unspecified atom stereocenters. The van der Waals surface area contributed by atoms with E-state index < -0.39 is 0 Å². The largest absolute Gasteiger partial charge is 0.348 e. The van der Waals surface area contributed by atoms with Crippen LogP contribution in [0.1, 0.15) is 47.8 Å². The average molecular weight is 237 g/mol. The monoisotopic (exact) mass is 237 g/mol. The molecule has 0 saturated heterocycles. The summed E-state index contributed by atoms with van der Waals surface area (Å²) >= 11 is 1.54. The standard InChI is InChI=1S/C13H19NOS/c1-9-5-3-4-6-11(9)14-13(15)12-10(2)7-8-16-12/h7-9,11H,3-6H2,1-2H3,(H,14,15)/t9-,11+/m1/s1. The Hall–Kier alpha value is -0.830. The predicted octanol–water partition coefficient (Wildman–Crippen LogP) is 3.37. The van der Waals surface area contributed by atoms with Crippen molar-refractivity contribution in [3.8, 4) is 0 Å². The average Bonchev–Trinajstić information content (AvgIpc) is 2.68. The zero-order valence-corrected chi connectivity index (χ0v) is 10.8. The van der Waals surface area contributed by atoms with Gasteiger partial charge in [-0.3, -0.25) is 4.79 Å². The molecule has 1 aliphatic carbocycles. The van der Waals surface area contributed by atoms with Crippen LogP contribution in [0.15, 0.2) is 11.4 Å². The van der Waals surface area contributed by atoms with Gasteiger partial charge in [-0.05, 0) is 42.7 Å². The number of amides is 1. The predicted molar refractivity (Wildman–Crippen MR) is 67.9 cm³/mol. The zero-order valence-electron chi connectivity index (χ0n) is 9.95. The molecule has 3 heteroatoms. The highest BCUT2D eigenvalue weighted by Gasteiger charge is 2.23. The smallest absolute Gasteiger partial charge is 0.261 e. The molecule has 1 aromatic rings. The number of thiophene rings is 1. The maximum atomic E-state index is 12.0. The first-order chi connectivity index (χ1) is 7.68. The molecule has 16 heavy (non-hydrogen) atoms. The van der Waals surface area contributed by atoms with Crippen LogP contribution in [0.5, 0.6) is 0 Å². The maximum Gasteiger partial charge on any atom is 0.261 e. The van der Waals surface area contributed by atoms with Gasteiger partial charge in [0.05, 0.1) is 4.88 Å². The molecule has 2 atom stereocenters. The Labute approximate surface area is 101 Å². The molecule has 2 rings (SSSR count). The van der Waals surface area contributed by atoms with Crippen molar-refractivity contribution in [2.24, 2.45) is 5.92 Å². The van der Waals surface area contributed by atoms with Gasteiger partial charge in [-0.1, -0.05) is 19.8 Å². The summed E-state index contributed by atoms with van der Waals surface area (Å²) in [6.07, 6.45) is 4.94. The third-order valence-corrected chi connectivity index (χ3v) is 4.51. The van der Waals surface area contributed by atoms with Crippen LogP contribution < -0.4 is 5.32 Å². The quantitative estimate of drug-likeness (QED) is 0.839. The van der Waals surface area contributed by atoms with Crippen molar-refractivity contribution in [2.45, 2.75) is 45.6 Å². The lowest BCUT2D eigenvalue weighted by molar-refractivity contribution is 0.0914. The molecule has 0 aromatic carbocycles. The Kier molecular flexibility index (Phi) is 3.64. The van der Waals surface area contributed by atoms with Gasteiger partial charge >= 0.3 is 0 Å². The van der Waals surface area contributed by atoms with Crippen LogP contribution in [-0.2, 0) is 0 Å². The van der Waals surface area contributed by atoms with Crippen LogP contribution in [0.2, 0.25) is 0 Å². The van der Waals surface area contributed by atoms with Crippen molar-refractivity contribution in [1.82, 2.24) is 5.32 Å². The first-order valence-corrected chi connectivity index (χ1v) is 6.91. The highest BCUT2D eigenvalue weighted by atomic mass is 32.1. The van der Waals surface area contributed by atoms with Gasteiger partial charge in [-0.25, -0.2) is 0 Å². The number of carbonyl (C=O) groups excluding carboxylic acids is 1. The van der Waals surface area contributed by atoms with E-state index in [4.69, 9.17) is 0 Å². The number of carbonyl (C=O) groups is 1. The van der Waals surface area contributed by atoms with Crippen molar-refractivity contribution < 1.29 is 4.79 Å². The fourth-order valence-electron chi connectivity index (χ4n) is 2.37. The molecule has 1 aromatic heterocycles. The molecule has 2 nitrogen and oxygen atoms in total. The number of nitrogens with one attached hydrogen (secondary N) is 1. The lowest BCUT2D eigenvalue weighted by Gasteiger charge is -2.29. The topological polar surface area (TPSA) is 29.1 Å². The van der Waals surface area contributed by atoms with E-state index in [9.17, 15) is 4.79 Å². The molecule has 0 bridgehead atoms. The molecule has 1 aliphatic rings. The summed E-state index contributed by atoms with van der Waals surface area (Å²) in [6.45, 7) is 4.24. The molecule has 0 spiro atoms. The molecule has 1 amide bonds. The van der Waals surface area contributed by atoms with Crippen LogP contribution in [0.25, 0.3) is 0 Å². The molecule has 1 heterocycles. The Morgan fingerprint density at radius 1 is 1.44 bits per heavy atom.